The van der Waals surface area contributed by atoms with Gasteiger partial charge in [-0.3, -0.25) is 0 Å². The summed E-state index contributed by atoms with van der Waals surface area (Å²) in [4.78, 5) is 0. The number of anilines is 1. The van der Waals surface area contributed by atoms with Gasteiger partial charge in [0.05, 0.1) is 0 Å². The summed E-state index contributed by atoms with van der Waals surface area (Å²) in [5.41, 5.74) is 2.54. The average molecular weight is 206 g/mol. The lowest BCUT2D eigenvalue weighted by molar-refractivity contribution is 0.550. The summed E-state index contributed by atoms with van der Waals surface area (Å²) in [6, 6.07) is 9.13. The Morgan fingerprint density at radius 2 is 2.13 bits per heavy atom. The van der Waals surface area contributed by atoms with Gasteiger partial charge in [0.1, 0.15) is 0 Å². The quantitative estimate of drug-likeness (QED) is 0.699. The molecular weight excluding hydrogens is 184 g/mol. The van der Waals surface area contributed by atoms with Crippen LogP contribution in [0.4, 0.5) is 5.69 Å². The molecule has 0 spiro atoms. The van der Waals surface area contributed by atoms with Gasteiger partial charge in [-0.1, -0.05) is 12.1 Å². The van der Waals surface area contributed by atoms with Gasteiger partial charge < -0.3 is 10.6 Å². The highest BCUT2D eigenvalue weighted by molar-refractivity contribution is 5.45. The Balaban J connectivity index is 2.20. The molecule has 0 aliphatic heterocycles. The fourth-order valence-electron chi connectivity index (χ4n) is 1.54. The number of aryl methyl sites for hydroxylation is 1. The first-order chi connectivity index (χ1) is 7.22. The highest BCUT2D eigenvalue weighted by Crippen LogP contribution is 2.09. The van der Waals surface area contributed by atoms with E-state index in [0.717, 1.165) is 6.54 Å². The van der Waals surface area contributed by atoms with Crippen molar-refractivity contribution in [3.8, 4) is 0 Å². The fraction of sp³-hybridized carbons (Fsp3) is 0.538. The molecule has 1 aromatic carbocycles. The topological polar surface area (TPSA) is 24.1 Å². The predicted octanol–water partition coefficient (Wildman–Crippen LogP) is 2.80. The van der Waals surface area contributed by atoms with Crippen LogP contribution in [-0.2, 0) is 0 Å². The summed E-state index contributed by atoms with van der Waals surface area (Å²) in [5, 5.41) is 6.68. The van der Waals surface area contributed by atoms with E-state index in [9.17, 15) is 0 Å². The Morgan fingerprint density at radius 3 is 2.80 bits per heavy atom. The zero-order chi connectivity index (χ0) is 11.1. The zero-order valence-corrected chi connectivity index (χ0v) is 10.0. The molecule has 2 heteroatoms. The van der Waals surface area contributed by atoms with Gasteiger partial charge in [0, 0.05) is 18.3 Å². The molecule has 0 saturated heterocycles. The molecule has 0 fully saturated rings. The van der Waals surface area contributed by atoms with Crippen LogP contribution in [-0.4, -0.2) is 19.6 Å². The molecule has 2 N–H and O–H groups in total. The Hall–Kier alpha value is -1.02. The number of rotatable bonds is 6. The maximum atomic E-state index is 3.44. The lowest BCUT2D eigenvalue weighted by Gasteiger charge is -2.11. The van der Waals surface area contributed by atoms with Gasteiger partial charge in [0.15, 0.2) is 0 Å². The van der Waals surface area contributed by atoms with E-state index < -0.39 is 0 Å². The average Bonchev–Trinajstić information content (AvgIpc) is 2.24. The van der Waals surface area contributed by atoms with Crippen LogP contribution >= 0.6 is 0 Å². The van der Waals surface area contributed by atoms with Crippen molar-refractivity contribution in [3.05, 3.63) is 29.8 Å². The minimum absolute atomic E-state index is 0.615. The first kappa shape index (κ1) is 12.1. The smallest absolute Gasteiger partial charge is 0.0342 e. The van der Waals surface area contributed by atoms with Gasteiger partial charge in [-0.05, 0) is 51.4 Å². The molecule has 0 amide bonds. The van der Waals surface area contributed by atoms with Crippen LogP contribution in [0.1, 0.15) is 25.3 Å². The van der Waals surface area contributed by atoms with Crippen molar-refractivity contribution in [2.75, 3.05) is 18.9 Å². The van der Waals surface area contributed by atoms with Gasteiger partial charge >= 0.3 is 0 Å². The van der Waals surface area contributed by atoms with Crippen molar-refractivity contribution in [3.63, 3.8) is 0 Å². The minimum Gasteiger partial charge on any atom is -0.385 e. The van der Waals surface area contributed by atoms with E-state index in [0.29, 0.717) is 6.04 Å². The van der Waals surface area contributed by atoms with Crippen LogP contribution in [0.5, 0.6) is 0 Å². The molecule has 1 aromatic rings. The van der Waals surface area contributed by atoms with Crippen molar-refractivity contribution < 1.29 is 0 Å². The predicted molar refractivity (Wildman–Crippen MR) is 67.4 cm³/mol. The first-order valence-electron chi connectivity index (χ1n) is 5.70. The van der Waals surface area contributed by atoms with E-state index in [2.05, 4.69) is 48.7 Å². The Kier molecular flexibility index (Phi) is 5.19. The van der Waals surface area contributed by atoms with Gasteiger partial charge in [0.2, 0.25) is 0 Å². The van der Waals surface area contributed by atoms with Crippen molar-refractivity contribution in [1.29, 1.82) is 0 Å². The molecule has 0 heterocycles. The number of hydrogen-bond acceptors (Lipinski definition) is 2. The maximum absolute atomic E-state index is 3.44. The molecule has 15 heavy (non-hydrogen) atoms. The Bertz CT molecular complexity index is 284. The summed E-state index contributed by atoms with van der Waals surface area (Å²) in [7, 11) is 2.01. The SMILES string of the molecule is CNC(C)CCCNc1cccc(C)c1. The number of hydrogen-bond donors (Lipinski definition) is 2. The van der Waals surface area contributed by atoms with E-state index >= 15 is 0 Å². The fourth-order valence-corrected chi connectivity index (χ4v) is 1.54. The normalized spacial score (nSPS) is 12.5. The summed E-state index contributed by atoms with van der Waals surface area (Å²) in [5.74, 6) is 0. The standard InChI is InChI=1S/C13H22N2/c1-11-6-4-8-13(10-11)15-9-5-7-12(2)14-3/h4,6,8,10,12,14-15H,5,7,9H2,1-3H3. The van der Waals surface area contributed by atoms with Crippen molar-refractivity contribution in [1.82, 2.24) is 5.32 Å². The molecule has 1 rings (SSSR count). The van der Waals surface area contributed by atoms with Crippen molar-refractivity contribution in [2.24, 2.45) is 0 Å². The van der Waals surface area contributed by atoms with Gasteiger partial charge in [-0.2, -0.15) is 0 Å². The molecule has 0 aliphatic carbocycles. The maximum Gasteiger partial charge on any atom is 0.0342 e. The molecular formula is C13H22N2. The number of benzene rings is 1. The summed E-state index contributed by atoms with van der Waals surface area (Å²) >= 11 is 0. The Morgan fingerprint density at radius 1 is 1.33 bits per heavy atom. The molecule has 1 unspecified atom stereocenters. The third kappa shape index (κ3) is 4.84. The Labute approximate surface area is 93.1 Å². The van der Waals surface area contributed by atoms with Crippen molar-refractivity contribution in [2.45, 2.75) is 32.7 Å². The van der Waals surface area contributed by atoms with Gasteiger partial charge in [0.25, 0.3) is 0 Å². The van der Waals surface area contributed by atoms with Gasteiger partial charge in [-0.25, -0.2) is 0 Å². The molecule has 0 bridgehead atoms. The lowest BCUT2D eigenvalue weighted by atomic mass is 10.2. The third-order valence-electron chi connectivity index (χ3n) is 2.65. The monoisotopic (exact) mass is 206 g/mol. The molecule has 0 aromatic heterocycles. The molecule has 84 valence electrons. The zero-order valence-electron chi connectivity index (χ0n) is 10.0. The van der Waals surface area contributed by atoms with Crippen molar-refractivity contribution >= 4 is 5.69 Å². The van der Waals surface area contributed by atoms with E-state index in [1.807, 2.05) is 7.05 Å². The molecule has 0 saturated carbocycles. The largest absolute Gasteiger partial charge is 0.385 e. The number of nitrogens with one attached hydrogen (secondary N) is 2. The van der Waals surface area contributed by atoms with Crippen LogP contribution < -0.4 is 10.6 Å². The van der Waals surface area contributed by atoms with Crippen LogP contribution in [0.15, 0.2) is 24.3 Å². The summed E-state index contributed by atoms with van der Waals surface area (Å²) in [6.07, 6.45) is 2.42. The minimum atomic E-state index is 0.615. The van der Waals surface area contributed by atoms with E-state index in [1.165, 1.54) is 24.1 Å². The van der Waals surface area contributed by atoms with Crippen LogP contribution in [0.3, 0.4) is 0 Å². The second kappa shape index (κ2) is 6.46. The third-order valence-corrected chi connectivity index (χ3v) is 2.65. The second-order valence-corrected chi connectivity index (χ2v) is 4.13. The first-order valence-corrected chi connectivity index (χ1v) is 5.70. The van der Waals surface area contributed by atoms with E-state index in [4.69, 9.17) is 0 Å². The van der Waals surface area contributed by atoms with Crippen LogP contribution in [0, 0.1) is 6.92 Å². The second-order valence-electron chi connectivity index (χ2n) is 4.13. The molecule has 0 radical (unpaired) electrons. The van der Waals surface area contributed by atoms with Crippen LogP contribution in [0.2, 0.25) is 0 Å². The van der Waals surface area contributed by atoms with Crippen LogP contribution in [0.25, 0.3) is 0 Å². The van der Waals surface area contributed by atoms with Gasteiger partial charge in [-0.15, -0.1) is 0 Å². The van der Waals surface area contributed by atoms with E-state index in [1.54, 1.807) is 0 Å². The van der Waals surface area contributed by atoms with E-state index in [-0.39, 0.29) is 0 Å². The summed E-state index contributed by atoms with van der Waals surface area (Å²) < 4.78 is 0. The molecule has 2 nitrogen and oxygen atoms in total. The highest BCUT2D eigenvalue weighted by atomic mass is 14.9. The molecule has 0 aliphatic rings. The summed E-state index contributed by atoms with van der Waals surface area (Å²) in [6.45, 7) is 5.39. The molecule has 1 atom stereocenters. The lowest BCUT2D eigenvalue weighted by Crippen LogP contribution is -2.21. The highest BCUT2D eigenvalue weighted by Gasteiger charge is 1.97.